The SMILES string of the molecule is CC(=O)CC(=O)Nc1ccc(C)c(I)c1. The maximum Gasteiger partial charge on any atom is 0.231 e. The van der Waals surface area contributed by atoms with Crippen LogP contribution in [0.5, 0.6) is 0 Å². The zero-order valence-corrected chi connectivity index (χ0v) is 10.8. The highest BCUT2D eigenvalue weighted by Crippen LogP contribution is 2.17. The van der Waals surface area contributed by atoms with E-state index in [4.69, 9.17) is 0 Å². The lowest BCUT2D eigenvalue weighted by Gasteiger charge is -2.05. The lowest BCUT2D eigenvalue weighted by Crippen LogP contribution is -2.14. The van der Waals surface area contributed by atoms with Crippen molar-refractivity contribution in [3.8, 4) is 0 Å². The van der Waals surface area contributed by atoms with Gasteiger partial charge in [0.2, 0.25) is 5.91 Å². The van der Waals surface area contributed by atoms with Gasteiger partial charge in [-0.25, -0.2) is 0 Å². The summed E-state index contributed by atoms with van der Waals surface area (Å²) in [4.78, 5) is 22.0. The summed E-state index contributed by atoms with van der Waals surface area (Å²) in [5.74, 6) is -0.392. The maximum atomic E-state index is 11.3. The molecule has 3 nitrogen and oxygen atoms in total. The van der Waals surface area contributed by atoms with E-state index in [1.807, 2.05) is 25.1 Å². The highest BCUT2D eigenvalue weighted by atomic mass is 127. The van der Waals surface area contributed by atoms with Gasteiger partial charge in [-0.1, -0.05) is 6.07 Å². The van der Waals surface area contributed by atoms with Crippen molar-refractivity contribution in [3.05, 3.63) is 27.3 Å². The van der Waals surface area contributed by atoms with Crippen molar-refractivity contribution in [1.82, 2.24) is 0 Å². The summed E-state index contributed by atoms with van der Waals surface area (Å²) in [7, 11) is 0. The van der Waals surface area contributed by atoms with Crippen LogP contribution in [0.1, 0.15) is 18.9 Å². The van der Waals surface area contributed by atoms with Gasteiger partial charge in [0.05, 0.1) is 6.42 Å². The Kier molecular flexibility index (Phi) is 4.26. The quantitative estimate of drug-likeness (QED) is 0.688. The summed E-state index contributed by atoms with van der Waals surface area (Å²) >= 11 is 2.20. The normalized spacial score (nSPS) is 9.80. The number of ketones is 1. The third kappa shape index (κ3) is 3.99. The van der Waals surface area contributed by atoms with Gasteiger partial charge >= 0.3 is 0 Å². The van der Waals surface area contributed by atoms with E-state index < -0.39 is 0 Å². The smallest absolute Gasteiger partial charge is 0.231 e. The van der Waals surface area contributed by atoms with Crippen LogP contribution < -0.4 is 5.32 Å². The molecule has 0 radical (unpaired) electrons. The molecule has 1 rings (SSSR count). The molecule has 15 heavy (non-hydrogen) atoms. The number of hydrogen-bond donors (Lipinski definition) is 1. The Balaban J connectivity index is 2.69. The second-order valence-electron chi connectivity index (χ2n) is 3.39. The maximum absolute atomic E-state index is 11.3. The van der Waals surface area contributed by atoms with E-state index in [1.54, 1.807) is 0 Å². The largest absolute Gasteiger partial charge is 0.326 e. The van der Waals surface area contributed by atoms with Crippen LogP contribution >= 0.6 is 22.6 Å². The molecule has 0 aliphatic rings. The molecule has 1 N–H and O–H groups in total. The van der Waals surface area contributed by atoms with Crippen LogP contribution in [-0.4, -0.2) is 11.7 Å². The minimum absolute atomic E-state index is 0.0650. The lowest BCUT2D eigenvalue weighted by atomic mass is 10.2. The number of carbonyl (C=O) groups is 2. The number of Topliss-reactive ketones (excluding diaryl/α,β-unsaturated/α-hetero) is 1. The number of hydrogen-bond acceptors (Lipinski definition) is 2. The van der Waals surface area contributed by atoms with Gasteiger partial charge in [-0.15, -0.1) is 0 Å². The molecule has 0 heterocycles. The van der Waals surface area contributed by atoms with Crippen LogP contribution in [0.15, 0.2) is 18.2 Å². The molecule has 0 aliphatic heterocycles. The number of anilines is 1. The summed E-state index contributed by atoms with van der Waals surface area (Å²) in [6.07, 6.45) is -0.0650. The Morgan fingerprint density at radius 3 is 2.60 bits per heavy atom. The second kappa shape index (κ2) is 5.25. The molecule has 0 bridgehead atoms. The summed E-state index contributed by atoms with van der Waals surface area (Å²) in [5.41, 5.74) is 1.90. The van der Waals surface area contributed by atoms with Gasteiger partial charge in [-0.3, -0.25) is 9.59 Å². The highest BCUT2D eigenvalue weighted by molar-refractivity contribution is 14.1. The van der Waals surface area contributed by atoms with Crippen molar-refractivity contribution >= 4 is 40.0 Å². The molecule has 0 saturated carbocycles. The fourth-order valence-corrected chi connectivity index (χ4v) is 1.62. The molecule has 1 aromatic rings. The van der Waals surface area contributed by atoms with Crippen molar-refractivity contribution in [2.75, 3.05) is 5.32 Å². The molecular weight excluding hydrogens is 305 g/mol. The average Bonchev–Trinajstić information content (AvgIpc) is 2.10. The van der Waals surface area contributed by atoms with Crippen LogP contribution in [0, 0.1) is 10.5 Å². The minimum Gasteiger partial charge on any atom is -0.326 e. The molecule has 0 aliphatic carbocycles. The molecular formula is C11H12INO2. The van der Waals surface area contributed by atoms with Crippen LogP contribution in [-0.2, 0) is 9.59 Å². The van der Waals surface area contributed by atoms with Gasteiger partial charge in [0, 0.05) is 9.26 Å². The zero-order chi connectivity index (χ0) is 11.4. The van der Waals surface area contributed by atoms with Crippen LogP contribution in [0.2, 0.25) is 0 Å². The van der Waals surface area contributed by atoms with Gasteiger partial charge in [-0.2, -0.15) is 0 Å². The molecule has 1 aromatic carbocycles. The summed E-state index contributed by atoms with van der Waals surface area (Å²) in [5, 5.41) is 2.68. The fraction of sp³-hybridized carbons (Fsp3) is 0.273. The first-order chi connectivity index (χ1) is 6.99. The van der Waals surface area contributed by atoms with Gasteiger partial charge in [0.1, 0.15) is 5.78 Å². The Bertz CT molecular complexity index is 402. The van der Waals surface area contributed by atoms with Crippen molar-refractivity contribution < 1.29 is 9.59 Å². The summed E-state index contributed by atoms with van der Waals surface area (Å²) in [6, 6.07) is 5.65. The van der Waals surface area contributed by atoms with Crippen molar-refractivity contribution in [1.29, 1.82) is 0 Å². The molecule has 1 amide bonds. The van der Waals surface area contributed by atoms with Crippen LogP contribution in [0.3, 0.4) is 0 Å². The minimum atomic E-state index is -0.262. The Labute approximate surface area is 102 Å². The predicted octanol–water partition coefficient (Wildman–Crippen LogP) is 2.52. The number of nitrogens with one attached hydrogen (secondary N) is 1. The van der Waals surface area contributed by atoms with E-state index in [1.165, 1.54) is 12.5 Å². The van der Waals surface area contributed by atoms with Crippen molar-refractivity contribution in [3.63, 3.8) is 0 Å². The van der Waals surface area contributed by atoms with Gasteiger partial charge < -0.3 is 5.32 Å². The highest BCUT2D eigenvalue weighted by Gasteiger charge is 2.05. The Hall–Kier alpha value is -0.910. The second-order valence-corrected chi connectivity index (χ2v) is 4.55. The molecule has 0 unspecified atom stereocenters. The molecule has 80 valence electrons. The Morgan fingerprint density at radius 1 is 1.40 bits per heavy atom. The van der Waals surface area contributed by atoms with E-state index in [0.29, 0.717) is 0 Å². The molecule has 0 spiro atoms. The average molecular weight is 317 g/mol. The Morgan fingerprint density at radius 2 is 2.07 bits per heavy atom. The van der Waals surface area contributed by atoms with Gasteiger partial charge in [0.25, 0.3) is 0 Å². The standard InChI is InChI=1S/C11H12INO2/c1-7-3-4-9(6-10(7)12)13-11(15)5-8(2)14/h3-4,6H,5H2,1-2H3,(H,13,15). The number of carbonyl (C=O) groups excluding carboxylic acids is 2. The fourth-order valence-electron chi connectivity index (χ4n) is 1.10. The van der Waals surface area contributed by atoms with Crippen molar-refractivity contribution in [2.24, 2.45) is 0 Å². The summed E-state index contributed by atoms with van der Waals surface area (Å²) in [6.45, 7) is 3.40. The number of halogens is 1. The first-order valence-corrected chi connectivity index (χ1v) is 5.62. The molecule has 0 saturated heterocycles. The number of rotatable bonds is 3. The van der Waals surface area contributed by atoms with Gasteiger partial charge in [-0.05, 0) is 54.1 Å². The predicted molar refractivity (Wildman–Crippen MR) is 67.8 cm³/mol. The molecule has 0 atom stereocenters. The van der Waals surface area contributed by atoms with E-state index in [2.05, 4.69) is 27.9 Å². The monoisotopic (exact) mass is 317 g/mol. The van der Waals surface area contributed by atoms with Gasteiger partial charge in [0.15, 0.2) is 0 Å². The van der Waals surface area contributed by atoms with E-state index >= 15 is 0 Å². The van der Waals surface area contributed by atoms with Crippen molar-refractivity contribution in [2.45, 2.75) is 20.3 Å². The first kappa shape index (κ1) is 12.2. The number of amides is 1. The lowest BCUT2D eigenvalue weighted by molar-refractivity contribution is -0.124. The van der Waals surface area contributed by atoms with E-state index in [0.717, 1.165) is 9.26 Å². The molecule has 4 heteroatoms. The third-order valence-electron chi connectivity index (χ3n) is 1.87. The number of benzene rings is 1. The topological polar surface area (TPSA) is 46.2 Å². The van der Waals surface area contributed by atoms with Crippen LogP contribution in [0.4, 0.5) is 5.69 Å². The molecule has 0 fully saturated rings. The van der Waals surface area contributed by atoms with E-state index in [9.17, 15) is 9.59 Å². The van der Waals surface area contributed by atoms with E-state index in [-0.39, 0.29) is 18.1 Å². The zero-order valence-electron chi connectivity index (χ0n) is 8.63. The third-order valence-corrected chi connectivity index (χ3v) is 3.03. The first-order valence-electron chi connectivity index (χ1n) is 4.54. The van der Waals surface area contributed by atoms with Crippen LogP contribution in [0.25, 0.3) is 0 Å². The number of aryl methyl sites for hydroxylation is 1. The molecule has 0 aromatic heterocycles. The summed E-state index contributed by atoms with van der Waals surface area (Å²) < 4.78 is 1.09.